The second-order valence-electron chi connectivity index (χ2n) is 9.02. The van der Waals surface area contributed by atoms with Gasteiger partial charge in [0.05, 0.1) is 18.8 Å². The first kappa shape index (κ1) is 18.7. The molecule has 1 N–H and O–H groups in total. The van der Waals surface area contributed by atoms with Crippen molar-refractivity contribution in [3.63, 3.8) is 0 Å². The Morgan fingerprint density at radius 2 is 2.07 bits per heavy atom. The monoisotopic (exact) mass is 393 g/mol. The van der Waals surface area contributed by atoms with Crippen molar-refractivity contribution < 1.29 is 4.79 Å². The number of fused-ring (bicyclic) bond motifs is 3. The molecule has 6 heteroatoms. The minimum absolute atomic E-state index is 0.0429. The van der Waals surface area contributed by atoms with Crippen molar-refractivity contribution in [2.45, 2.75) is 44.8 Å². The van der Waals surface area contributed by atoms with Crippen molar-refractivity contribution in [2.75, 3.05) is 26.2 Å². The summed E-state index contributed by atoms with van der Waals surface area (Å²) < 4.78 is 1.94. The summed E-state index contributed by atoms with van der Waals surface area (Å²) in [5.74, 6) is 1.33. The Hall–Kier alpha value is -2.34. The summed E-state index contributed by atoms with van der Waals surface area (Å²) >= 11 is 0. The van der Waals surface area contributed by atoms with E-state index in [9.17, 15) is 4.79 Å². The average Bonchev–Trinajstić information content (AvgIpc) is 3.43. The van der Waals surface area contributed by atoms with Crippen molar-refractivity contribution in [1.82, 2.24) is 24.9 Å². The molecular weight excluding hydrogens is 362 g/mol. The third kappa shape index (κ3) is 3.78. The van der Waals surface area contributed by atoms with Gasteiger partial charge in [0.25, 0.3) is 0 Å². The second-order valence-corrected chi connectivity index (χ2v) is 9.02. The van der Waals surface area contributed by atoms with Crippen LogP contribution in [0.25, 0.3) is 0 Å². The maximum Gasteiger partial charge on any atom is 0.317 e. The maximum absolute atomic E-state index is 12.9. The Bertz CT molecular complexity index is 850. The molecule has 6 nitrogen and oxygen atoms in total. The molecule has 0 radical (unpaired) electrons. The number of aromatic nitrogens is 2. The van der Waals surface area contributed by atoms with Gasteiger partial charge in [0.1, 0.15) is 0 Å². The van der Waals surface area contributed by atoms with Gasteiger partial charge in [-0.3, -0.25) is 9.58 Å². The Morgan fingerprint density at radius 1 is 1.21 bits per heavy atom. The number of benzene rings is 1. The second kappa shape index (κ2) is 7.82. The summed E-state index contributed by atoms with van der Waals surface area (Å²) in [7, 11) is 0. The van der Waals surface area contributed by atoms with Crippen molar-refractivity contribution >= 4 is 6.03 Å². The van der Waals surface area contributed by atoms with E-state index in [2.05, 4.69) is 27.4 Å². The molecule has 0 saturated carbocycles. The number of rotatable bonds is 4. The lowest BCUT2D eigenvalue weighted by atomic mass is 9.90. The van der Waals surface area contributed by atoms with Crippen LogP contribution in [0, 0.1) is 11.8 Å². The largest absolute Gasteiger partial charge is 0.331 e. The molecule has 2 amide bonds. The van der Waals surface area contributed by atoms with Gasteiger partial charge in [-0.05, 0) is 43.7 Å². The van der Waals surface area contributed by atoms with E-state index in [4.69, 9.17) is 0 Å². The van der Waals surface area contributed by atoms with Gasteiger partial charge in [0.15, 0.2) is 0 Å². The number of piperidine rings is 1. The van der Waals surface area contributed by atoms with E-state index in [1.165, 1.54) is 37.9 Å². The van der Waals surface area contributed by atoms with Crippen LogP contribution in [0.4, 0.5) is 4.79 Å². The fraction of sp³-hybridized carbons (Fsp3) is 0.565. The molecule has 0 aliphatic carbocycles. The first-order valence-electron chi connectivity index (χ1n) is 11.0. The number of hydrogen-bond donors (Lipinski definition) is 1. The highest BCUT2D eigenvalue weighted by molar-refractivity contribution is 5.75. The van der Waals surface area contributed by atoms with Crippen LogP contribution in [-0.2, 0) is 6.54 Å². The minimum atomic E-state index is -0.0429. The van der Waals surface area contributed by atoms with Gasteiger partial charge in [0.2, 0.25) is 0 Å². The predicted molar refractivity (Wildman–Crippen MR) is 112 cm³/mol. The summed E-state index contributed by atoms with van der Waals surface area (Å²) in [6.07, 6.45) is 7.91. The van der Waals surface area contributed by atoms with Gasteiger partial charge in [-0.25, -0.2) is 4.79 Å². The number of carbonyl (C=O) groups is 1. The number of carbonyl (C=O) groups excluding carboxylic acids is 1. The number of hydrogen-bond acceptors (Lipinski definition) is 3. The van der Waals surface area contributed by atoms with Crippen molar-refractivity contribution in [3.05, 3.63) is 53.9 Å². The molecule has 5 rings (SSSR count). The molecular formula is C23H31N5O. The molecule has 1 aromatic heterocycles. The van der Waals surface area contributed by atoms with Crippen molar-refractivity contribution in [3.8, 4) is 0 Å². The molecule has 29 heavy (non-hydrogen) atoms. The van der Waals surface area contributed by atoms with Gasteiger partial charge in [-0.2, -0.15) is 5.10 Å². The van der Waals surface area contributed by atoms with E-state index in [0.717, 1.165) is 25.2 Å². The summed E-state index contributed by atoms with van der Waals surface area (Å²) in [5.41, 5.74) is 2.27. The molecule has 3 aliphatic heterocycles. The number of nitrogens with one attached hydrogen (secondary N) is 1. The van der Waals surface area contributed by atoms with Gasteiger partial charge in [0, 0.05) is 37.4 Å². The standard InChI is InChI=1S/C23H31N5O/c1-17(19-11-24-28(15-19)12-18-7-3-2-4-8-18)25-23(29)27-14-20-13-26-10-6-5-9-22(26)21(20)16-27/h2-4,7-8,11,15,17,20-22H,5-6,9-10,12-14,16H2,1H3,(H,25,29). The van der Waals surface area contributed by atoms with Gasteiger partial charge in [-0.1, -0.05) is 36.8 Å². The number of likely N-dealkylation sites (tertiary alicyclic amines) is 1. The number of amides is 2. The predicted octanol–water partition coefficient (Wildman–Crippen LogP) is 3.12. The molecule has 3 saturated heterocycles. The molecule has 3 fully saturated rings. The zero-order valence-electron chi connectivity index (χ0n) is 17.2. The van der Waals surface area contributed by atoms with Crippen LogP contribution in [0.2, 0.25) is 0 Å². The number of urea groups is 1. The van der Waals surface area contributed by atoms with E-state index in [-0.39, 0.29) is 12.1 Å². The Morgan fingerprint density at radius 3 is 2.93 bits per heavy atom. The Balaban J connectivity index is 1.17. The first-order valence-corrected chi connectivity index (χ1v) is 11.0. The fourth-order valence-electron chi connectivity index (χ4n) is 5.54. The van der Waals surface area contributed by atoms with E-state index in [0.29, 0.717) is 17.9 Å². The Kier molecular flexibility index (Phi) is 5.04. The molecule has 0 bridgehead atoms. The normalized spacial score (nSPS) is 27.5. The topological polar surface area (TPSA) is 53.4 Å². The van der Waals surface area contributed by atoms with Gasteiger partial charge < -0.3 is 10.2 Å². The molecule has 2 aromatic rings. The molecule has 0 spiro atoms. The van der Waals surface area contributed by atoms with Crippen LogP contribution in [0.15, 0.2) is 42.7 Å². The van der Waals surface area contributed by atoms with E-state index in [1.807, 2.05) is 47.1 Å². The smallest absolute Gasteiger partial charge is 0.317 e. The SMILES string of the molecule is CC(NC(=O)N1CC2CN3CCCCC3C2C1)c1cnn(Cc2ccccc2)c1. The van der Waals surface area contributed by atoms with E-state index in [1.54, 1.807) is 0 Å². The maximum atomic E-state index is 12.9. The van der Waals surface area contributed by atoms with Crippen molar-refractivity contribution in [2.24, 2.45) is 11.8 Å². The lowest BCUT2D eigenvalue weighted by Gasteiger charge is -2.33. The van der Waals surface area contributed by atoms with Crippen LogP contribution >= 0.6 is 0 Å². The zero-order valence-corrected chi connectivity index (χ0v) is 17.2. The average molecular weight is 394 g/mol. The van der Waals surface area contributed by atoms with Crippen LogP contribution in [-0.4, -0.2) is 57.8 Å². The molecule has 1 aromatic carbocycles. The van der Waals surface area contributed by atoms with Gasteiger partial charge >= 0.3 is 6.03 Å². The highest BCUT2D eigenvalue weighted by atomic mass is 16.2. The molecule has 154 valence electrons. The first-order chi connectivity index (χ1) is 14.2. The van der Waals surface area contributed by atoms with Crippen LogP contribution < -0.4 is 5.32 Å². The highest BCUT2D eigenvalue weighted by Gasteiger charge is 2.48. The van der Waals surface area contributed by atoms with Crippen molar-refractivity contribution in [1.29, 1.82) is 0 Å². The summed E-state index contributed by atoms with van der Waals surface area (Å²) in [4.78, 5) is 17.6. The Labute approximate surface area is 172 Å². The minimum Gasteiger partial charge on any atom is -0.331 e. The third-order valence-corrected chi connectivity index (χ3v) is 7.09. The summed E-state index contributed by atoms with van der Waals surface area (Å²) in [6, 6.07) is 11.0. The van der Waals surface area contributed by atoms with Crippen LogP contribution in [0.3, 0.4) is 0 Å². The lowest BCUT2D eigenvalue weighted by Crippen LogP contribution is -2.44. The zero-order chi connectivity index (χ0) is 19.8. The third-order valence-electron chi connectivity index (χ3n) is 7.09. The molecule has 4 atom stereocenters. The quantitative estimate of drug-likeness (QED) is 0.868. The van der Waals surface area contributed by atoms with Crippen LogP contribution in [0.1, 0.15) is 43.4 Å². The lowest BCUT2D eigenvalue weighted by molar-refractivity contribution is 0.153. The number of nitrogens with zero attached hydrogens (tertiary/aromatic N) is 4. The molecule has 4 unspecified atom stereocenters. The van der Waals surface area contributed by atoms with E-state index >= 15 is 0 Å². The van der Waals surface area contributed by atoms with E-state index < -0.39 is 0 Å². The summed E-state index contributed by atoms with van der Waals surface area (Å²) in [5, 5.41) is 7.67. The molecule has 4 heterocycles. The highest BCUT2D eigenvalue weighted by Crippen LogP contribution is 2.40. The summed E-state index contributed by atoms with van der Waals surface area (Å²) in [6.45, 7) is 7.05. The van der Waals surface area contributed by atoms with Gasteiger partial charge in [-0.15, -0.1) is 0 Å². The molecule has 3 aliphatic rings. The van der Waals surface area contributed by atoms with Crippen LogP contribution in [0.5, 0.6) is 0 Å². The fourth-order valence-corrected chi connectivity index (χ4v) is 5.54.